The highest BCUT2D eigenvalue weighted by Gasteiger charge is 2.36. The van der Waals surface area contributed by atoms with Crippen LogP contribution < -0.4 is 4.90 Å². The lowest BCUT2D eigenvalue weighted by Gasteiger charge is -2.32. The molecule has 0 spiro atoms. The molecule has 3 fully saturated rings. The molecule has 3 heterocycles. The number of hydrogen-bond donors (Lipinski definition) is 0. The summed E-state index contributed by atoms with van der Waals surface area (Å²) in [6.45, 7) is 4.44. The van der Waals surface area contributed by atoms with Crippen molar-refractivity contribution in [3.8, 4) is 0 Å². The standard InChI is InChI=1S/C24H37N3O4S/c1-25(16-20-7-9-21(10-8-20)26-12-3-2-4-13-26)18-24(28)27(17-23-6-5-14-31-23)22-11-15-32(29,30)19-22/h7-10,22-23H,2-6,11-19H2,1H3. The largest absolute Gasteiger partial charge is 0.376 e. The second-order valence-corrected chi connectivity index (χ2v) is 11.9. The van der Waals surface area contributed by atoms with Crippen molar-refractivity contribution in [2.45, 2.75) is 57.2 Å². The summed E-state index contributed by atoms with van der Waals surface area (Å²) >= 11 is 0. The number of hydrogen-bond acceptors (Lipinski definition) is 6. The molecule has 3 saturated heterocycles. The van der Waals surface area contributed by atoms with Gasteiger partial charge < -0.3 is 14.5 Å². The number of carbonyl (C=O) groups is 1. The Bertz CT molecular complexity index is 862. The third-order valence-corrected chi connectivity index (χ3v) is 8.66. The van der Waals surface area contributed by atoms with Crippen molar-refractivity contribution in [3.63, 3.8) is 0 Å². The van der Waals surface area contributed by atoms with Crippen LogP contribution in [0.3, 0.4) is 0 Å². The van der Waals surface area contributed by atoms with E-state index in [0.717, 1.165) is 32.5 Å². The Morgan fingerprint density at radius 1 is 1.09 bits per heavy atom. The third-order valence-electron chi connectivity index (χ3n) is 6.91. The van der Waals surface area contributed by atoms with Gasteiger partial charge in [-0.1, -0.05) is 12.1 Å². The van der Waals surface area contributed by atoms with Crippen LogP contribution in [0.4, 0.5) is 5.69 Å². The number of piperidine rings is 1. The SMILES string of the molecule is CN(CC(=O)N(CC1CCCO1)C1CCS(=O)(=O)C1)Cc1ccc(N2CCCCC2)cc1. The molecule has 3 aliphatic heterocycles. The molecule has 3 aliphatic rings. The molecule has 32 heavy (non-hydrogen) atoms. The summed E-state index contributed by atoms with van der Waals surface area (Å²) in [7, 11) is -1.10. The van der Waals surface area contributed by atoms with Crippen LogP contribution in [0.25, 0.3) is 0 Å². The van der Waals surface area contributed by atoms with Gasteiger partial charge in [0, 0.05) is 44.5 Å². The summed E-state index contributed by atoms with van der Waals surface area (Å²) in [5.41, 5.74) is 2.45. The molecular formula is C24H37N3O4S. The summed E-state index contributed by atoms with van der Waals surface area (Å²) in [6.07, 6.45) is 6.34. The average Bonchev–Trinajstić information content (AvgIpc) is 3.42. The van der Waals surface area contributed by atoms with E-state index in [4.69, 9.17) is 4.74 Å². The van der Waals surface area contributed by atoms with Crippen molar-refractivity contribution < 1.29 is 17.9 Å². The fourth-order valence-corrected chi connectivity index (χ4v) is 6.87. The van der Waals surface area contributed by atoms with Crippen LogP contribution in [0, 0.1) is 0 Å². The molecule has 178 valence electrons. The minimum Gasteiger partial charge on any atom is -0.376 e. The normalized spacial score (nSPS) is 25.4. The molecule has 0 radical (unpaired) electrons. The predicted octanol–water partition coefficient (Wildman–Crippen LogP) is 2.30. The molecule has 0 aliphatic carbocycles. The third kappa shape index (κ3) is 6.23. The summed E-state index contributed by atoms with van der Waals surface area (Å²) in [4.78, 5) is 19.5. The molecule has 2 unspecified atom stereocenters. The number of nitrogens with zero attached hydrogens (tertiary/aromatic N) is 3. The molecule has 1 aromatic carbocycles. The van der Waals surface area contributed by atoms with Crippen molar-refractivity contribution in [1.82, 2.24) is 9.80 Å². The van der Waals surface area contributed by atoms with Crippen LogP contribution in [0.5, 0.6) is 0 Å². The van der Waals surface area contributed by atoms with Gasteiger partial charge in [-0.15, -0.1) is 0 Å². The zero-order valence-corrected chi connectivity index (χ0v) is 20.1. The van der Waals surface area contributed by atoms with E-state index < -0.39 is 9.84 Å². The highest BCUT2D eigenvalue weighted by atomic mass is 32.2. The van der Waals surface area contributed by atoms with Crippen LogP contribution >= 0.6 is 0 Å². The number of anilines is 1. The van der Waals surface area contributed by atoms with E-state index in [2.05, 4.69) is 29.2 Å². The van der Waals surface area contributed by atoms with Crippen LogP contribution in [-0.2, 0) is 25.9 Å². The lowest BCUT2D eigenvalue weighted by molar-refractivity contribution is -0.135. The first-order chi connectivity index (χ1) is 15.4. The quantitative estimate of drug-likeness (QED) is 0.589. The van der Waals surface area contributed by atoms with Gasteiger partial charge in [-0.2, -0.15) is 0 Å². The number of benzene rings is 1. The Labute approximate surface area is 192 Å². The van der Waals surface area contributed by atoms with E-state index in [9.17, 15) is 13.2 Å². The molecule has 0 N–H and O–H groups in total. The van der Waals surface area contributed by atoms with Crippen molar-refractivity contribution in [1.29, 1.82) is 0 Å². The molecule has 0 saturated carbocycles. The van der Waals surface area contributed by atoms with Crippen LogP contribution in [0.15, 0.2) is 24.3 Å². The van der Waals surface area contributed by atoms with Crippen molar-refractivity contribution in [2.75, 3.05) is 56.2 Å². The predicted molar refractivity (Wildman–Crippen MR) is 127 cm³/mol. The van der Waals surface area contributed by atoms with Gasteiger partial charge >= 0.3 is 0 Å². The Morgan fingerprint density at radius 3 is 2.47 bits per heavy atom. The molecule has 4 rings (SSSR count). The van der Waals surface area contributed by atoms with Gasteiger partial charge in [0.05, 0.1) is 24.2 Å². The average molecular weight is 464 g/mol. The van der Waals surface area contributed by atoms with Crippen molar-refractivity contribution >= 4 is 21.4 Å². The van der Waals surface area contributed by atoms with Crippen molar-refractivity contribution in [2.24, 2.45) is 0 Å². The monoisotopic (exact) mass is 463 g/mol. The zero-order valence-electron chi connectivity index (χ0n) is 19.2. The summed E-state index contributed by atoms with van der Waals surface area (Å²) in [5.74, 6) is 0.245. The Balaban J connectivity index is 1.34. The van der Waals surface area contributed by atoms with Gasteiger partial charge in [-0.05, 0) is 63.3 Å². The molecule has 8 heteroatoms. The highest BCUT2D eigenvalue weighted by molar-refractivity contribution is 7.91. The summed E-state index contributed by atoms with van der Waals surface area (Å²) in [6, 6.07) is 8.44. The minimum absolute atomic E-state index is 0.00460. The molecular weight excluding hydrogens is 426 g/mol. The topological polar surface area (TPSA) is 70.2 Å². The maximum atomic E-state index is 13.2. The molecule has 1 aromatic rings. The second kappa shape index (κ2) is 10.5. The van der Waals surface area contributed by atoms with E-state index in [0.29, 0.717) is 19.5 Å². The Morgan fingerprint density at radius 2 is 1.84 bits per heavy atom. The molecule has 7 nitrogen and oxygen atoms in total. The van der Waals surface area contributed by atoms with E-state index in [1.54, 1.807) is 4.90 Å². The Kier molecular flexibility index (Phi) is 7.74. The number of carbonyl (C=O) groups excluding carboxylic acids is 1. The lowest BCUT2D eigenvalue weighted by atomic mass is 10.1. The van der Waals surface area contributed by atoms with Gasteiger partial charge in [-0.3, -0.25) is 9.69 Å². The van der Waals surface area contributed by atoms with E-state index in [1.165, 1.54) is 30.5 Å². The molecule has 0 bridgehead atoms. The second-order valence-electron chi connectivity index (χ2n) is 9.62. The lowest BCUT2D eigenvalue weighted by Crippen LogP contribution is -2.48. The number of rotatable bonds is 8. The van der Waals surface area contributed by atoms with Gasteiger partial charge in [0.25, 0.3) is 0 Å². The summed E-state index contributed by atoms with van der Waals surface area (Å²) < 4.78 is 29.8. The number of amides is 1. The van der Waals surface area contributed by atoms with Crippen LogP contribution in [0.1, 0.15) is 44.1 Å². The van der Waals surface area contributed by atoms with Gasteiger partial charge in [-0.25, -0.2) is 8.42 Å². The number of ether oxygens (including phenoxy) is 1. The first-order valence-corrected chi connectivity index (χ1v) is 13.9. The zero-order chi connectivity index (χ0) is 22.6. The smallest absolute Gasteiger partial charge is 0.237 e. The molecule has 2 atom stereocenters. The minimum atomic E-state index is -3.05. The van der Waals surface area contributed by atoms with Crippen molar-refractivity contribution in [3.05, 3.63) is 29.8 Å². The first-order valence-electron chi connectivity index (χ1n) is 12.0. The summed E-state index contributed by atoms with van der Waals surface area (Å²) in [5, 5.41) is 0. The molecule has 0 aromatic heterocycles. The molecule has 1 amide bonds. The Hall–Kier alpha value is -1.64. The highest BCUT2D eigenvalue weighted by Crippen LogP contribution is 2.23. The van der Waals surface area contributed by atoms with E-state index in [-0.39, 0.29) is 36.1 Å². The van der Waals surface area contributed by atoms with Gasteiger partial charge in [0.1, 0.15) is 0 Å². The van der Waals surface area contributed by atoms with Gasteiger partial charge in [0.15, 0.2) is 9.84 Å². The fourth-order valence-electron chi connectivity index (χ4n) is 5.14. The van der Waals surface area contributed by atoms with E-state index in [1.807, 2.05) is 11.9 Å². The van der Waals surface area contributed by atoms with E-state index >= 15 is 0 Å². The fraction of sp³-hybridized carbons (Fsp3) is 0.708. The van der Waals surface area contributed by atoms with Crippen LogP contribution in [0.2, 0.25) is 0 Å². The number of likely N-dealkylation sites (N-methyl/N-ethyl adjacent to an activating group) is 1. The number of sulfone groups is 1. The van der Waals surface area contributed by atoms with Gasteiger partial charge in [0.2, 0.25) is 5.91 Å². The maximum absolute atomic E-state index is 13.2. The first kappa shape index (κ1) is 23.5. The van der Waals surface area contributed by atoms with Crippen LogP contribution in [-0.4, -0.2) is 87.6 Å². The maximum Gasteiger partial charge on any atom is 0.237 e.